The van der Waals surface area contributed by atoms with E-state index in [1.54, 1.807) is 4.90 Å². The summed E-state index contributed by atoms with van der Waals surface area (Å²) in [5.41, 5.74) is 1.71. The van der Waals surface area contributed by atoms with Crippen molar-refractivity contribution < 1.29 is 28.2 Å². The van der Waals surface area contributed by atoms with Crippen LogP contribution in [0.1, 0.15) is 76.6 Å². The molecule has 0 spiro atoms. The molecular formula is C36H49FN6O5. The van der Waals surface area contributed by atoms with Crippen LogP contribution in [-0.4, -0.2) is 106 Å². The Labute approximate surface area is 282 Å². The summed E-state index contributed by atoms with van der Waals surface area (Å²) in [6, 6.07) is 9.95. The fraction of sp³-hybridized carbons (Fsp3) is 0.667. The van der Waals surface area contributed by atoms with Gasteiger partial charge in [-0.15, -0.1) is 0 Å². The predicted molar refractivity (Wildman–Crippen MR) is 178 cm³/mol. The molecule has 260 valence electrons. The van der Waals surface area contributed by atoms with Gasteiger partial charge in [0.1, 0.15) is 24.2 Å². The molecule has 0 N–H and O–H groups in total. The molecule has 0 unspecified atom stereocenters. The first-order valence-corrected chi connectivity index (χ1v) is 17.5. The van der Waals surface area contributed by atoms with Crippen LogP contribution in [-0.2, 0) is 29.0 Å². The summed E-state index contributed by atoms with van der Waals surface area (Å²) in [6.45, 7) is 12.6. The van der Waals surface area contributed by atoms with Gasteiger partial charge in [0.15, 0.2) is 0 Å². The van der Waals surface area contributed by atoms with Crippen LogP contribution >= 0.6 is 0 Å². The predicted octanol–water partition coefficient (Wildman–Crippen LogP) is 5.35. The first-order valence-electron chi connectivity index (χ1n) is 17.5. The molecule has 1 aromatic heterocycles. The van der Waals surface area contributed by atoms with Gasteiger partial charge in [0.05, 0.1) is 30.4 Å². The summed E-state index contributed by atoms with van der Waals surface area (Å²) < 4.78 is 31.8. The number of halogens is 1. The standard InChI is InChI=1S/C36H49FN6O5/c1-34(2,3)48-33(45)43-27-10-13-35(43,4)22-42(19-27)30-28-12-17-41(32(44)46-21-25-8-6-5-7-9-25)20-29(28)38-31(39-30)47-24-36(14-15-36)23-40-16-11-26(37)18-40/h5-9,26-27H,10-24H2,1-4H3/t26-,27-,35+/m1/s1. The molecule has 7 rings (SSSR count). The number of carbonyl (C=O) groups is 2. The number of aromatic nitrogens is 2. The quantitative estimate of drug-likeness (QED) is 0.370. The summed E-state index contributed by atoms with van der Waals surface area (Å²) in [5.74, 6) is 0.818. The van der Waals surface area contributed by atoms with Crippen LogP contribution in [0.3, 0.4) is 0 Å². The molecule has 3 atom stereocenters. The molecule has 11 nitrogen and oxygen atoms in total. The molecule has 2 aromatic rings. The summed E-state index contributed by atoms with van der Waals surface area (Å²) >= 11 is 0. The lowest BCUT2D eigenvalue weighted by molar-refractivity contribution is -0.00285. The maximum absolute atomic E-state index is 13.9. The average molecular weight is 665 g/mol. The van der Waals surface area contributed by atoms with Gasteiger partial charge in [0.2, 0.25) is 0 Å². The first kappa shape index (κ1) is 32.9. The van der Waals surface area contributed by atoms with Gasteiger partial charge >= 0.3 is 18.2 Å². The van der Waals surface area contributed by atoms with E-state index in [9.17, 15) is 14.0 Å². The van der Waals surface area contributed by atoms with Crippen LogP contribution in [0.2, 0.25) is 0 Å². The maximum Gasteiger partial charge on any atom is 0.411 e. The number of rotatable bonds is 8. The second-order valence-corrected chi connectivity index (χ2v) is 15.8. The van der Waals surface area contributed by atoms with E-state index in [0.717, 1.165) is 61.4 Å². The van der Waals surface area contributed by atoms with Crippen LogP contribution in [0.15, 0.2) is 30.3 Å². The Balaban J connectivity index is 1.11. The minimum atomic E-state index is -0.747. The number of nitrogens with zero attached hydrogens (tertiary/aromatic N) is 6. The van der Waals surface area contributed by atoms with Crippen molar-refractivity contribution in [2.24, 2.45) is 5.41 Å². The van der Waals surface area contributed by atoms with Gasteiger partial charge in [-0.1, -0.05) is 30.3 Å². The number of alkyl halides is 1. The minimum Gasteiger partial charge on any atom is -0.463 e. The number of hydrogen-bond acceptors (Lipinski definition) is 9. The highest BCUT2D eigenvalue weighted by atomic mass is 19.1. The summed E-state index contributed by atoms with van der Waals surface area (Å²) in [7, 11) is 0. The van der Waals surface area contributed by atoms with E-state index in [0.29, 0.717) is 58.2 Å². The molecule has 3 saturated heterocycles. The molecular weight excluding hydrogens is 615 g/mol. The summed E-state index contributed by atoms with van der Waals surface area (Å²) in [4.78, 5) is 44.6. The maximum atomic E-state index is 13.9. The highest BCUT2D eigenvalue weighted by Crippen LogP contribution is 2.47. The smallest absolute Gasteiger partial charge is 0.411 e. The third kappa shape index (κ3) is 7.04. The summed E-state index contributed by atoms with van der Waals surface area (Å²) in [5, 5.41) is 0. The van der Waals surface area contributed by atoms with Crippen molar-refractivity contribution in [1.82, 2.24) is 24.7 Å². The highest BCUT2D eigenvalue weighted by Gasteiger charge is 2.53. The molecule has 2 amide bonds. The molecule has 5 aliphatic rings. The number of fused-ring (bicyclic) bond motifs is 3. The second-order valence-electron chi connectivity index (χ2n) is 15.8. The van der Waals surface area contributed by atoms with Gasteiger partial charge in [-0.25, -0.2) is 14.0 Å². The van der Waals surface area contributed by atoms with Crippen molar-refractivity contribution in [1.29, 1.82) is 0 Å². The normalized spacial score (nSPS) is 26.3. The second kappa shape index (κ2) is 12.7. The zero-order valence-corrected chi connectivity index (χ0v) is 28.8. The third-order valence-corrected chi connectivity index (χ3v) is 10.5. The van der Waals surface area contributed by atoms with Crippen LogP contribution in [0.5, 0.6) is 6.01 Å². The number of anilines is 1. The molecule has 48 heavy (non-hydrogen) atoms. The Hall–Kier alpha value is -3.67. The van der Waals surface area contributed by atoms with E-state index in [2.05, 4.69) is 16.7 Å². The van der Waals surface area contributed by atoms with Crippen LogP contribution in [0.25, 0.3) is 0 Å². The van der Waals surface area contributed by atoms with E-state index >= 15 is 0 Å². The fourth-order valence-corrected chi connectivity index (χ4v) is 7.90. The lowest BCUT2D eigenvalue weighted by Crippen LogP contribution is -2.63. The number of likely N-dealkylation sites (tertiary alicyclic amines) is 1. The number of ether oxygens (including phenoxy) is 3. The van der Waals surface area contributed by atoms with Crippen LogP contribution in [0.4, 0.5) is 19.8 Å². The molecule has 5 heterocycles. The number of amides is 2. The van der Waals surface area contributed by atoms with Crippen molar-refractivity contribution in [3.63, 3.8) is 0 Å². The lowest BCUT2D eigenvalue weighted by Gasteiger charge is -2.48. The van der Waals surface area contributed by atoms with E-state index in [1.165, 1.54) is 0 Å². The average Bonchev–Trinajstić information content (AvgIpc) is 3.63. The SMILES string of the molecule is CC(C)(C)OC(=O)N1[C@@H]2CC[C@@]1(C)CN(c1nc(OCC3(CN4CC[C@@H](F)C4)CC3)nc3c1CCN(C(=O)OCc1ccccc1)C3)C2. The third-order valence-electron chi connectivity index (χ3n) is 10.5. The Morgan fingerprint density at radius 3 is 2.50 bits per heavy atom. The number of benzene rings is 1. The first-order chi connectivity index (χ1) is 22.9. The van der Waals surface area contributed by atoms with E-state index in [1.807, 2.05) is 56.0 Å². The molecule has 1 aliphatic carbocycles. The molecule has 12 heteroatoms. The van der Waals surface area contributed by atoms with Gasteiger partial charge in [0, 0.05) is 50.2 Å². The van der Waals surface area contributed by atoms with Crippen molar-refractivity contribution in [2.45, 2.75) is 103 Å². The van der Waals surface area contributed by atoms with E-state index < -0.39 is 17.3 Å². The Kier molecular flexibility index (Phi) is 8.66. The van der Waals surface area contributed by atoms with Crippen molar-refractivity contribution in [2.75, 3.05) is 50.8 Å². The van der Waals surface area contributed by atoms with Crippen molar-refractivity contribution in [3.8, 4) is 6.01 Å². The van der Waals surface area contributed by atoms with Crippen molar-refractivity contribution >= 4 is 18.0 Å². The Bertz CT molecular complexity index is 1520. The lowest BCUT2D eigenvalue weighted by atomic mass is 9.97. The molecule has 2 bridgehead atoms. The molecule has 4 fully saturated rings. The van der Waals surface area contributed by atoms with Gasteiger partial charge in [-0.05, 0) is 71.8 Å². The van der Waals surface area contributed by atoms with Gasteiger partial charge < -0.3 is 24.0 Å². The number of carbonyl (C=O) groups excluding carboxylic acids is 2. The zero-order chi connectivity index (χ0) is 33.7. The van der Waals surface area contributed by atoms with Gasteiger partial charge in [0.25, 0.3) is 0 Å². The summed E-state index contributed by atoms with van der Waals surface area (Å²) in [6.07, 6.45) is 3.63. The van der Waals surface area contributed by atoms with E-state index in [4.69, 9.17) is 24.2 Å². The monoisotopic (exact) mass is 664 g/mol. The molecule has 1 saturated carbocycles. The van der Waals surface area contributed by atoms with Crippen LogP contribution < -0.4 is 9.64 Å². The number of piperazine rings is 1. The molecule has 1 aromatic carbocycles. The largest absolute Gasteiger partial charge is 0.463 e. The molecule has 0 radical (unpaired) electrons. The Morgan fingerprint density at radius 1 is 1.02 bits per heavy atom. The van der Waals surface area contributed by atoms with E-state index in [-0.39, 0.29) is 30.3 Å². The zero-order valence-electron chi connectivity index (χ0n) is 28.8. The fourth-order valence-electron chi connectivity index (χ4n) is 7.90. The number of hydrogen-bond donors (Lipinski definition) is 0. The Morgan fingerprint density at radius 2 is 1.81 bits per heavy atom. The van der Waals surface area contributed by atoms with Crippen molar-refractivity contribution in [3.05, 3.63) is 47.2 Å². The topological polar surface area (TPSA) is 101 Å². The molecule has 4 aliphatic heterocycles. The van der Waals surface area contributed by atoms with Gasteiger partial charge in [-0.3, -0.25) is 9.80 Å². The van der Waals surface area contributed by atoms with Gasteiger partial charge in [-0.2, -0.15) is 9.97 Å². The minimum absolute atomic E-state index is 0.00355. The highest BCUT2D eigenvalue weighted by molar-refractivity contribution is 5.72. The van der Waals surface area contributed by atoms with Crippen LogP contribution in [0, 0.1) is 5.41 Å².